The molecule has 0 fully saturated rings. The molecule has 0 aliphatic heterocycles. The summed E-state index contributed by atoms with van der Waals surface area (Å²) >= 11 is 1.50. The monoisotopic (exact) mass is 183 g/mol. The Morgan fingerprint density at radius 3 is 3.08 bits per heavy atom. The SMILES string of the molecule is C=C(CC)CC(O)c1cscn1. The Labute approximate surface area is 76.6 Å². The Kier molecular flexibility index (Phi) is 3.44. The maximum absolute atomic E-state index is 9.59. The number of hydrogen-bond donors (Lipinski definition) is 1. The Morgan fingerprint density at radius 2 is 2.58 bits per heavy atom. The molecule has 0 aromatic carbocycles. The molecule has 0 spiro atoms. The number of thiazole rings is 1. The van der Waals surface area contributed by atoms with E-state index in [4.69, 9.17) is 0 Å². The van der Waals surface area contributed by atoms with Gasteiger partial charge in [-0.05, 0) is 12.8 Å². The Balaban J connectivity index is 2.49. The van der Waals surface area contributed by atoms with Gasteiger partial charge in [-0.2, -0.15) is 0 Å². The molecule has 1 unspecified atom stereocenters. The van der Waals surface area contributed by atoms with Gasteiger partial charge in [-0.1, -0.05) is 19.1 Å². The maximum Gasteiger partial charge on any atom is 0.100 e. The number of aliphatic hydroxyl groups is 1. The summed E-state index contributed by atoms with van der Waals surface area (Å²) in [6.45, 7) is 5.88. The van der Waals surface area contributed by atoms with Crippen LogP contribution in [0.1, 0.15) is 31.6 Å². The average molecular weight is 183 g/mol. The highest BCUT2D eigenvalue weighted by atomic mass is 32.1. The smallest absolute Gasteiger partial charge is 0.100 e. The highest BCUT2D eigenvalue weighted by Gasteiger charge is 2.09. The van der Waals surface area contributed by atoms with E-state index in [9.17, 15) is 5.11 Å². The maximum atomic E-state index is 9.59. The molecule has 0 aliphatic carbocycles. The van der Waals surface area contributed by atoms with Gasteiger partial charge in [0.25, 0.3) is 0 Å². The van der Waals surface area contributed by atoms with Gasteiger partial charge in [0, 0.05) is 5.38 Å². The van der Waals surface area contributed by atoms with Crippen LogP contribution in [0.15, 0.2) is 23.0 Å². The van der Waals surface area contributed by atoms with Crippen LogP contribution in [0.5, 0.6) is 0 Å². The molecular weight excluding hydrogens is 170 g/mol. The molecule has 0 aliphatic rings. The Hall–Kier alpha value is -0.670. The number of rotatable bonds is 4. The van der Waals surface area contributed by atoms with Crippen molar-refractivity contribution in [3.05, 3.63) is 28.7 Å². The van der Waals surface area contributed by atoms with Crippen molar-refractivity contribution in [3.8, 4) is 0 Å². The number of nitrogens with zero attached hydrogens (tertiary/aromatic N) is 1. The van der Waals surface area contributed by atoms with Crippen LogP contribution < -0.4 is 0 Å². The number of hydrogen-bond acceptors (Lipinski definition) is 3. The lowest BCUT2D eigenvalue weighted by Gasteiger charge is -2.07. The first-order chi connectivity index (χ1) is 5.74. The zero-order valence-corrected chi connectivity index (χ0v) is 7.97. The minimum absolute atomic E-state index is 0.469. The lowest BCUT2D eigenvalue weighted by molar-refractivity contribution is 0.173. The minimum Gasteiger partial charge on any atom is -0.386 e. The van der Waals surface area contributed by atoms with Crippen LogP contribution in [-0.4, -0.2) is 10.1 Å². The summed E-state index contributed by atoms with van der Waals surface area (Å²) in [5.41, 5.74) is 3.55. The largest absolute Gasteiger partial charge is 0.386 e. The highest BCUT2D eigenvalue weighted by Crippen LogP contribution is 2.20. The van der Waals surface area contributed by atoms with Crippen molar-refractivity contribution in [1.29, 1.82) is 0 Å². The summed E-state index contributed by atoms with van der Waals surface area (Å²) < 4.78 is 0. The predicted octanol–water partition coefficient (Wildman–Crippen LogP) is 2.53. The van der Waals surface area contributed by atoms with Gasteiger partial charge in [0.1, 0.15) is 6.10 Å². The summed E-state index contributed by atoms with van der Waals surface area (Å²) in [7, 11) is 0. The predicted molar refractivity (Wildman–Crippen MR) is 51.1 cm³/mol. The van der Waals surface area contributed by atoms with E-state index < -0.39 is 6.10 Å². The van der Waals surface area contributed by atoms with Gasteiger partial charge >= 0.3 is 0 Å². The van der Waals surface area contributed by atoms with Crippen LogP contribution in [0.25, 0.3) is 0 Å². The second-order valence-corrected chi connectivity index (χ2v) is 3.46. The molecular formula is C9H13NOS. The summed E-state index contributed by atoms with van der Waals surface area (Å²) in [6.07, 6.45) is 1.07. The first-order valence-electron chi connectivity index (χ1n) is 3.96. The fourth-order valence-electron chi connectivity index (χ4n) is 0.909. The van der Waals surface area contributed by atoms with E-state index in [0.29, 0.717) is 6.42 Å². The molecule has 66 valence electrons. The van der Waals surface area contributed by atoms with Crippen LogP contribution in [0, 0.1) is 0 Å². The second-order valence-electron chi connectivity index (χ2n) is 2.74. The second kappa shape index (κ2) is 4.38. The third-order valence-corrected chi connectivity index (χ3v) is 2.38. The van der Waals surface area contributed by atoms with E-state index in [1.165, 1.54) is 11.3 Å². The van der Waals surface area contributed by atoms with Crippen molar-refractivity contribution in [3.63, 3.8) is 0 Å². The molecule has 2 nitrogen and oxygen atoms in total. The van der Waals surface area contributed by atoms with Crippen molar-refractivity contribution in [2.75, 3.05) is 0 Å². The van der Waals surface area contributed by atoms with Crippen LogP contribution in [0.3, 0.4) is 0 Å². The number of aliphatic hydroxyl groups excluding tert-OH is 1. The summed E-state index contributed by atoms with van der Waals surface area (Å²) in [6, 6.07) is 0. The molecule has 1 aromatic rings. The minimum atomic E-state index is -0.469. The first kappa shape index (κ1) is 9.42. The van der Waals surface area contributed by atoms with Crippen molar-refractivity contribution < 1.29 is 5.11 Å². The van der Waals surface area contributed by atoms with Gasteiger partial charge < -0.3 is 5.11 Å². The Morgan fingerprint density at radius 1 is 1.83 bits per heavy atom. The summed E-state index contributed by atoms with van der Waals surface area (Å²) in [4.78, 5) is 4.03. The van der Waals surface area contributed by atoms with E-state index in [1.54, 1.807) is 5.51 Å². The van der Waals surface area contributed by atoms with Gasteiger partial charge in [0.2, 0.25) is 0 Å². The molecule has 0 saturated carbocycles. The van der Waals surface area contributed by atoms with Gasteiger partial charge in [-0.3, -0.25) is 0 Å². The molecule has 0 radical (unpaired) electrons. The molecule has 1 atom stereocenters. The quantitative estimate of drug-likeness (QED) is 0.728. The normalized spacial score (nSPS) is 12.8. The molecule has 1 rings (SSSR count). The summed E-state index contributed by atoms with van der Waals surface area (Å²) in [5.74, 6) is 0. The number of aromatic nitrogens is 1. The fourth-order valence-corrected chi connectivity index (χ4v) is 1.51. The van der Waals surface area contributed by atoms with Crippen LogP contribution in [0.2, 0.25) is 0 Å². The lowest BCUT2D eigenvalue weighted by atomic mass is 10.1. The van der Waals surface area contributed by atoms with Crippen molar-refractivity contribution in [2.45, 2.75) is 25.9 Å². The lowest BCUT2D eigenvalue weighted by Crippen LogP contribution is -1.98. The van der Waals surface area contributed by atoms with Gasteiger partial charge in [0.15, 0.2) is 0 Å². The molecule has 12 heavy (non-hydrogen) atoms. The molecule has 1 aromatic heterocycles. The molecule has 1 N–H and O–H groups in total. The standard InChI is InChI=1S/C9H13NOS/c1-3-7(2)4-9(11)8-5-12-6-10-8/h5-6,9,11H,2-4H2,1H3. The first-order valence-corrected chi connectivity index (χ1v) is 4.91. The fraction of sp³-hybridized carbons (Fsp3) is 0.444. The van der Waals surface area contributed by atoms with Gasteiger partial charge in [0.05, 0.1) is 11.2 Å². The molecule has 0 saturated heterocycles. The highest BCUT2D eigenvalue weighted by molar-refractivity contribution is 7.07. The van der Waals surface area contributed by atoms with E-state index in [2.05, 4.69) is 11.6 Å². The third-order valence-electron chi connectivity index (χ3n) is 1.77. The zero-order chi connectivity index (χ0) is 8.97. The topological polar surface area (TPSA) is 33.1 Å². The van der Waals surface area contributed by atoms with Crippen LogP contribution in [0.4, 0.5) is 0 Å². The molecule has 1 heterocycles. The van der Waals surface area contributed by atoms with E-state index in [0.717, 1.165) is 17.7 Å². The third kappa shape index (κ3) is 2.43. The van der Waals surface area contributed by atoms with Crippen molar-refractivity contribution in [2.24, 2.45) is 0 Å². The summed E-state index contributed by atoms with van der Waals surface area (Å²) in [5, 5.41) is 11.5. The van der Waals surface area contributed by atoms with Crippen LogP contribution in [-0.2, 0) is 0 Å². The van der Waals surface area contributed by atoms with Crippen molar-refractivity contribution >= 4 is 11.3 Å². The molecule has 3 heteroatoms. The van der Waals surface area contributed by atoms with E-state index >= 15 is 0 Å². The zero-order valence-electron chi connectivity index (χ0n) is 7.16. The van der Waals surface area contributed by atoms with E-state index in [1.807, 2.05) is 12.3 Å². The Bertz CT molecular complexity index is 243. The van der Waals surface area contributed by atoms with Crippen molar-refractivity contribution in [1.82, 2.24) is 4.98 Å². The van der Waals surface area contributed by atoms with Gasteiger partial charge in [-0.15, -0.1) is 11.3 Å². The average Bonchev–Trinajstić information content (AvgIpc) is 2.56. The van der Waals surface area contributed by atoms with E-state index in [-0.39, 0.29) is 0 Å². The van der Waals surface area contributed by atoms with Crippen LogP contribution >= 0.6 is 11.3 Å². The molecule has 0 amide bonds. The molecule has 0 bridgehead atoms. The van der Waals surface area contributed by atoms with Gasteiger partial charge in [-0.25, -0.2) is 4.98 Å².